The monoisotopic (exact) mass is 417 g/mol. The summed E-state index contributed by atoms with van der Waals surface area (Å²) in [6, 6.07) is 5.85. The van der Waals surface area contributed by atoms with Crippen LogP contribution in [-0.4, -0.2) is 30.0 Å². The van der Waals surface area contributed by atoms with Gasteiger partial charge in [-0.15, -0.1) is 0 Å². The summed E-state index contributed by atoms with van der Waals surface area (Å²) in [5, 5.41) is 3.81. The smallest absolute Gasteiger partial charge is 0.368 e. The molecule has 2 heterocycles. The number of carbonyl (C=O) groups excluding carboxylic acids is 1. The summed E-state index contributed by atoms with van der Waals surface area (Å²) in [6.07, 6.45) is -1.48. The van der Waals surface area contributed by atoms with E-state index in [4.69, 9.17) is 23.2 Å². The van der Waals surface area contributed by atoms with E-state index in [0.717, 1.165) is 12.3 Å². The lowest BCUT2D eigenvalue weighted by molar-refractivity contribution is -0.137. The molecule has 2 aromatic rings. The molecular weight excluding hydrogens is 402 g/mol. The van der Waals surface area contributed by atoms with Crippen molar-refractivity contribution in [3.8, 4) is 0 Å². The molecule has 0 unspecified atom stereocenters. The van der Waals surface area contributed by atoms with Gasteiger partial charge in [-0.1, -0.05) is 23.2 Å². The molecule has 0 saturated carbocycles. The van der Waals surface area contributed by atoms with Gasteiger partial charge in [0.2, 0.25) is 5.91 Å². The molecular formula is C18H16Cl2F3N3O. The molecule has 1 aromatic heterocycles. The predicted octanol–water partition coefficient (Wildman–Crippen LogP) is 4.34. The Labute approximate surface area is 164 Å². The van der Waals surface area contributed by atoms with Crippen LogP contribution in [0.4, 0.5) is 18.9 Å². The van der Waals surface area contributed by atoms with Crippen molar-refractivity contribution in [3.05, 3.63) is 57.8 Å². The first-order valence-corrected chi connectivity index (χ1v) is 8.98. The Morgan fingerprint density at radius 2 is 1.89 bits per heavy atom. The number of rotatable bonds is 4. The average Bonchev–Trinajstić information content (AvgIpc) is 3.01. The van der Waals surface area contributed by atoms with E-state index in [2.05, 4.69) is 10.3 Å². The van der Waals surface area contributed by atoms with Crippen LogP contribution in [0.25, 0.3) is 0 Å². The number of anilines is 1. The Balaban J connectivity index is 1.59. The molecule has 1 aliphatic heterocycles. The standard InChI is InChI=1S/C18H16Cl2F3N3O/c19-13-3-11(4-14(20)7-13)5-17(27)25-15-1-2-26(10-15)16-6-12(8-24-9-16)18(21,22)23/h3-4,6-9,15H,1-2,5,10H2,(H,25,27)/t15-/m1/s1. The van der Waals surface area contributed by atoms with Crippen molar-refractivity contribution in [1.29, 1.82) is 0 Å². The highest BCUT2D eigenvalue weighted by Crippen LogP contribution is 2.31. The number of amides is 1. The maximum Gasteiger partial charge on any atom is 0.417 e. The highest BCUT2D eigenvalue weighted by molar-refractivity contribution is 6.34. The second-order valence-corrected chi connectivity index (χ2v) is 7.26. The van der Waals surface area contributed by atoms with Crippen LogP contribution in [0.5, 0.6) is 0 Å². The maximum absolute atomic E-state index is 12.8. The van der Waals surface area contributed by atoms with Gasteiger partial charge in [0.25, 0.3) is 0 Å². The molecule has 0 spiro atoms. The average molecular weight is 418 g/mol. The summed E-state index contributed by atoms with van der Waals surface area (Å²) in [5.74, 6) is -0.192. The van der Waals surface area contributed by atoms with E-state index in [1.54, 1.807) is 23.1 Å². The summed E-state index contributed by atoms with van der Waals surface area (Å²) in [6.45, 7) is 0.960. The zero-order valence-electron chi connectivity index (χ0n) is 14.1. The van der Waals surface area contributed by atoms with Crippen LogP contribution in [0.15, 0.2) is 36.7 Å². The second kappa shape index (κ2) is 7.94. The van der Waals surface area contributed by atoms with Crippen molar-refractivity contribution in [2.75, 3.05) is 18.0 Å². The van der Waals surface area contributed by atoms with Gasteiger partial charge in [-0.3, -0.25) is 9.78 Å². The van der Waals surface area contributed by atoms with Crippen molar-refractivity contribution in [2.45, 2.75) is 25.1 Å². The van der Waals surface area contributed by atoms with Gasteiger partial charge in [0.15, 0.2) is 0 Å². The van der Waals surface area contributed by atoms with E-state index in [9.17, 15) is 18.0 Å². The van der Waals surface area contributed by atoms with Crippen molar-refractivity contribution in [1.82, 2.24) is 10.3 Å². The van der Waals surface area contributed by atoms with Crippen LogP contribution in [0, 0.1) is 0 Å². The Kier molecular flexibility index (Phi) is 5.81. The van der Waals surface area contributed by atoms with Gasteiger partial charge in [0.1, 0.15) is 0 Å². The van der Waals surface area contributed by atoms with Crippen LogP contribution in [0.2, 0.25) is 10.0 Å². The van der Waals surface area contributed by atoms with E-state index in [1.165, 1.54) is 6.20 Å². The first kappa shape index (κ1) is 19.8. The fraction of sp³-hybridized carbons (Fsp3) is 0.333. The Hall–Kier alpha value is -1.99. The van der Waals surface area contributed by atoms with Gasteiger partial charge in [-0.05, 0) is 36.2 Å². The van der Waals surface area contributed by atoms with E-state index in [-0.39, 0.29) is 18.4 Å². The third-order valence-corrected chi connectivity index (χ3v) is 4.69. The minimum atomic E-state index is -4.44. The minimum absolute atomic E-state index is 0.127. The number of halogens is 5. The third-order valence-electron chi connectivity index (χ3n) is 4.26. The van der Waals surface area contributed by atoms with Crippen LogP contribution in [0.1, 0.15) is 17.5 Å². The van der Waals surface area contributed by atoms with E-state index in [1.807, 2.05) is 0 Å². The van der Waals surface area contributed by atoms with E-state index >= 15 is 0 Å². The number of carbonyl (C=O) groups is 1. The fourth-order valence-electron chi connectivity index (χ4n) is 3.05. The minimum Gasteiger partial charge on any atom is -0.368 e. The molecule has 1 amide bonds. The SMILES string of the molecule is O=C(Cc1cc(Cl)cc(Cl)c1)N[C@@H]1CCN(c2cncc(C(F)(F)F)c2)C1. The Bertz CT molecular complexity index is 825. The van der Waals surface area contributed by atoms with Crippen LogP contribution >= 0.6 is 23.2 Å². The van der Waals surface area contributed by atoms with Crippen molar-refractivity contribution < 1.29 is 18.0 Å². The molecule has 4 nitrogen and oxygen atoms in total. The number of nitrogens with one attached hydrogen (secondary N) is 1. The molecule has 3 rings (SSSR count). The molecule has 9 heteroatoms. The van der Waals surface area contributed by atoms with Crippen LogP contribution < -0.4 is 10.2 Å². The van der Waals surface area contributed by atoms with Gasteiger partial charge < -0.3 is 10.2 Å². The molecule has 1 aromatic carbocycles. The highest BCUT2D eigenvalue weighted by Gasteiger charge is 2.32. The first-order valence-electron chi connectivity index (χ1n) is 8.22. The summed E-state index contributed by atoms with van der Waals surface area (Å²) >= 11 is 11.9. The summed E-state index contributed by atoms with van der Waals surface area (Å²) in [5.41, 5.74) is 0.301. The number of nitrogens with zero attached hydrogens (tertiary/aromatic N) is 2. The van der Waals surface area contributed by atoms with Gasteiger partial charge in [-0.2, -0.15) is 13.2 Å². The maximum atomic E-state index is 12.8. The molecule has 144 valence electrons. The number of pyridine rings is 1. The predicted molar refractivity (Wildman–Crippen MR) is 98.2 cm³/mol. The molecule has 0 aliphatic carbocycles. The van der Waals surface area contributed by atoms with E-state index in [0.29, 0.717) is 40.8 Å². The lowest BCUT2D eigenvalue weighted by atomic mass is 10.1. The quantitative estimate of drug-likeness (QED) is 0.804. The number of alkyl halides is 3. The Morgan fingerprint density at radius 3 is 2.56 bits per heavy atom. The normalized spacial score (nSPS) is 17.2. The fourth-order valence-corrected chi connectivity index (χ4v) is 3.62. The summed E-state index contributed by atoms with van der Waals surface area (Å²) in [7, 11) is 0. The molecule has 27 heavy (non-hydrogen) atoms. The molecule has 1 atom stereocenters. The first-order chi connectivity index (χ1) is 12.7. The number of hydrogen-bond donors (Lipinski definition) is 1. The van der Waals surface area contributed by atoms with Crippen molar-refractivity contribution in [3.63, 3.8) is 0 Å². The van der Waals surface area contributed by atoms with Gasteiger partial charge in [0, 0.05) is 35.4 Å². The number of aromatic nitrogens is 1. The van der Waals surface area contributed by atoms with Gasteiger partial charge >= 0.3 is 6.18 Å². The lowest BCUT2D eigenvalue weighted by Gasteiger charge is -2.20. The van der Waals surface area contributed by atoms with Crippen molar-refractivity contribution >= 4 is 34.8 Å². The molecule has 1 fully saturated rings. The number of hydrogen-bond acceptors (Lipinski definition) is 3. The number of benzene rings is 1. The largest absolute Gasteiger partial charge is 0.417 e. The van der Waals surface area contributed by atoms with Crippen LogP contribution in [0.3, 0.4) is 0 Å². The zero-order valence-corrected chi connectivity index (χ0v) is 15.6. The lowest BCUT2D eigenvalue weighted by Crippen LogP contribution is -2.38. The van der Waals surface area contributed by atoms with E-state index < -0.39 is 11.7 Å². The van der Waals surface area contributed by atoms with Gasteiger partial charge in [-0.25, -0.2) is 0 Å². The van der Waals surface area contributed by atoms with Crippen LogP contribution in [-0.2, 0) is 17.4 Å². The molecule has 0 bridgehead atoms. The van der Waals surface area contributed by atoms with Gasteiger partial charge in [0.05, 0.1) is 23.9 Å². The third kappa shape index (κ3) is 5.26. The Morgan fingerprint density at radius 1 is 1.19 bits per heavy atom. The summed E-state index contributed by atoms with van der Waals surface area (Å²) < 4.78 is 38.5. The topological polar surface area (TPSA) is 45.2 Å². The molecule has 1 aliphatic rings. The highest BCUT2D eigenvalue weighted by atomic mass is 35.5. The summed E-state index contributed by atoms with van der Waals surface area (Å²) in [4.78, 5) is 17.7. The molecule has 0 radical (unpaired) electrons. The zero-order chi connectivity index (χ0) is 19.6. The van der Waals surface area contributed by atoms with Crippen molar-refractivity contribution in [2.24, 2.45) is 0 Å². The molecule has 1 N–H and O–H groups in total. The second-order valence-electron chi connectivity index (χ2n) is 6.38. The molecule has 1 saturated heterocycles.